The van der Waals surface area contributed by atoms with Crippen LogP contribution in [0, 0.1) is 0 Å². The molecule has 0 aliphatic carbocycles. The molecule has 0 spiro atoms. The second-order valence-corrected chi connectivity index (χ2v) is 2.12. The summed E-state index contributed by atoms with van der Waals surface area (Å²) in [4.78, 5) is 14.6. The molecule has 5 N–H and O–H groups in total. The van der Waals surface area contributed by atoms with Gasteiger partial charge in [-0.05, 0) is 13.0 Å². The second-order valence-electron chi connectivity index (χ2n) is 2.12. The van der Waals surface area contributed by atoms with Gasteiger partial charge < -0.3 is 11.5 Å². The minimum Gasteiger partial charge on any atom is -0.369 e. The molecule has 0 aromatic carbocycles. The van der Waals surface area contributed by atoms with Gasteiger partial charge in [-0.1, -0.05) is 6.08 Å². The highest BCUT2D eigenvalue weighted by atomic mass is 35.5. The lowest BCUT2D eigenvalue weighted by Crippen LogP contribution is -2.30. The maximum absolute atomic E-state index is 10.9. The Morgan fingerprint density at radius 2 is 2.08 bits per heavy atom. The van der Waals surface area contributed by atoms with Gasteiger partial charge in [0.05, 0.1) is 0 Å². The number of hydrogen-bond donors (Lipinski definition) is 3. The van der Waals surface area contributed by atoms with E-state index in [4.69, 9.17) is 11.5 Å². The third kappa shape index (κ3) is 4.12. The molecule has 5 nitrogen and oxygen atoms in total. The molecule has 1 rings (SSSR count). The first-order valence-corrected chi connectivity index (χ1v) is 3.30. The molecule has 1 aliphatic heterocycles. The van der Waals surface area contributed by atoms with Gasteiger partial charge in [-0.3, -0.25) is 10.1 Å². The fourth-order valence-electron chi connectivity index (χ4n) is 0.747. The molecule has 1 aliphatic rings. The number of amides is 1. The molecule has 1 amide bonds. The Kier molecular flexibility index (Phi) is 7.60. The zero-order chi connectivity index (χ0) is 8.27. The molecular formula is C6H12Cl2N4O. The van der Waals surface area contributed by atoms with Gasteiger partial charge in [0.15, 0.2) is 0 Å². The van der Waals surface area contributed by atoms with Crippen molar-refractivity contribution < 1.29 is 4.79 Å². The summed E-state index contributed by atoms with van der Waals surface area (Å²) >= 11 is 0. The van der Waals surface area contributed by atoms with Crippen LogP contribution in [0.3, 0.4) is 0 Å². The van der Waals surface area contributed by atoms with Gasteiger partial charge in [0.1, 0.15) is 5.70 Å². The summed E-state index contributed by atoms with van der Waals surface area (Å²) in [5, 5.41) is 2.36. The minimum absolute atomic E-state index is 0. The molecular weight excluding hydrogens is 215 g/mol. The van der Waals surface area contributed by atoms with Gasteiger partial charge in [0, 0.05) is 0 Å². The largest absolute Gasteiger partial charge is 0.369 e. The van der Waals surface area contributed by atoms with Crippen molar-refractivity contribution in [2.75, 3.05) is 6.54 Å². The fourth-order valence-corrected chi connectivity index (χ4v) is 0.747. The standard InChI is InChI=1S/C6H10N4O.2ClH/c7-3-1-2-4-5(11)10-6(8)9-4;;/h2H,1,3,7H2,(H3,8,9,10,11);2*1H. The Bertz CT molecular complexity index is 239. The highest BCUT2D eigenvalue weighted by molar-refractivity contribution is 6.10. The highest BCUT2D eigenvalue weighted by Gasteiger charge is 2.16. The average Bonchev–Trinajstić information content (AvgIpc) is 2.26. The van der Waals surface area contributed by atoms with Crippen LogP contribution in [-0.4, -0.2) is 18.4 Å². The van der Waals surface area contributed by atoms with Crippen LogP contribution in [0.5, 0.6) is 0 Å². The Morgan fingerprint density at radius 3 is 2.46 bits per heavy atom. The molecule has 0 aromatic heterocycles. The van der Waals surface area contributed by atoms with Gasteiger partial charge in [0.25, 0.3) is 5.91 Å². The number of aliphatic imine (C=N–C) groups is 1. The fraction of sp³-hybridized carbons (Fsp3) is 0.333. The van der Waals surface area contributed by atoms with Crippen molar-refractivity contribution in [2.24, 2.45) is 16.5 Å². The predicted octanol–water partition coefficient (Wildman–Crippen LogP) is -0.493. The van der Waals surface area contributed by atoms with Gasteiger partial charge in [-0.2, -0.15) is 0 Å². The van der Waals surface area contributed by atoms with Crippen LogP contribution in [0.15, 0.2) is 16.8 Å². The van der Waals surface area contributed by atoms with Crippen LogP contribution in [0.2, 0.25) is 0 Å². The molecule has 0 aromatic rings. The quantitative estimate of drug-likeness (QED) is 0.555. The van der Waals surface area contributed by atoms with E-state index in [1.54, 1.807) is 6.08 Å². The van der Waals surface area contributed by atoms with E-state index in [2.05, 4.69) is 10.3 Å². The zero-order valence-corrected chi connectivity index (χ0v) is 8.45. The smallest absolute Gasteiger partial charge is 0.276 e. The summed E-state index contributed by atoms with van der Waals surface area (Å²) < 4.78 is 0. The lowest BCUT2D eigenvalue weighted by molar-refractivity contribution is -0.115. The van der Waals surface area contributed by atoms with Crippen LogP contribution < -0.4 is 16.8 Å². The number of nitrogens with one attached hydrogen (secondary N) is 1. The molecule has 0 bridgehead atoms. The van der Waals surface area contributed by atoms with Crippen molar-refractivity contribution in [3.8, 4) is 0 Å². The van der Waals surface area contributed by atoms with Crippen LogP contribution in [0.1, 0.15) is 6.42 Å². The first-order chi connectivity index (χ1) is 5.24. The van der Waals surface area contributed by atoms with Crippen LogP contribution in [0.25, 0.3) is 0 Å². The number of carbonyl (C=O) groups excluding carboxylic acids is 1. The van der Waals surface area contributed by atoms with Crippen molar-refractivity contribution in [3.63, 3.8) is 0 Å². The molecule has 13 heavy (non-hydrogen) atoms. The normalized spacial score (nSPS) is 17.2. The Labute approximate surface area is 88.5 Å². The summed E-state index contributed by atoms with van der Waals surface area (Å²) in [6.45, 7) is 0.506. The average molecular weight is 227 g/mol. The summed E-state index contributed by atoms with van der Waals surface area (Å²) in [7, 11) is 0. The molecule has 0 fully saturated rings. The lowest BCUT2D eigenvalue weighted by Gasteiger charge is -1.89. The zero-order valence-electron chi connectivity index (χ0n) is 6.82. The Morgan fingerprint density at radius 1 is 1.46 bits per heavy atom. The van der Waals surface area contributed by atoms with Crippen molar-refractivity contribution in [1.29, 1.82) is 0 Å². The summed E-state index contributed by atoms with van der Waals surface area (Å²) in [5.74, 6) is -0.103. The van der Waals surface area contributed by atoms with Gasteiger partial charge in [0.2, 0.25) is 5.96 Å². The topological polar surface area (TPSA) is 93.5 Å². The third-order valence-electron chi connectivity index (χ3n) is 1.22. The third-order valence-corrected chi connectivity index (χ3v) is 1.22. The maximum atomic E-state index is 10.9. The van der Waals surface area contributed by atoms with E-state index in [-0.39, 0.29) is 36.7 Å². The van der Waals surface area contributed by atoms with Gasteiger partial charge >= 0.3 is 0 Å². The van der Waals surface area contributed by atoms with Gasteiger partial charge in [-0.15, -0.1) is 24.8 Å². The molecule has 1 heterocycles. The number of rotatable bonds is 2. The summed E-state index contributed by atoms with van der Waals surface area (Å²) in [6, 6.07) is 0. The van der Waals surface area contributed by atoms with Crippen LogP contribution >= 0.6 is 24.8 Å². The van der Waals surface area contributed by atoms with E-state index in [9.17, 15) is 4.79 Å². The Hall–Kier alpha value is -0.780. The Balaban J connectivity index is 0. The maximum Gasteiger partial charge on any atom is 0.276 e. The molecule has 7 heteroatoms. The molecule has 0 saturated heterocycles. The van der Waals surface area contributed by atoms with Crippen molar-refractivity contribution in [1.82, 2.24) is 5.32 Å². The van der Waals surface area contributed by atoms with E-state index < -0.39 is 0 Å². The lowest BCUT2D eigenvalue weighted by atomic mass is 10.3. The predicted molar refractivity (Wildman–Crippen MR) is 56.0 cm³/mol. The van der Waals surface area contributed by atoms with E-state index in [0.717, 1.165) is 0 Å². The van der Waals surface area contributed by atoms with Crippen LogP contribution in [0.4, 0.5) is 0 Å². The number of carbonyl (C=O) groups is 1. The summed E-state index contributed by atoms with van der Waals surface area (Å²) in [6.07, 6.45) is 2.30. The van der Waals surface area contributed by atoms with Crippen molar-refractivity contribution >= 4 is 36.7 Å². The summed E-state index contributed by atoms with van der Waals surface area (Å²) in [5.41, 5.74) is 10.8. The molecule has 0 saturated carbocycles. The van der Waals surface area contributed by atoms with E-state index in [1.165, 1.54) is 0 Å². The number of nitrogens with two attached hydrogens (primary N) is 2. The number of nitrogens with zero attached hydrogens (tertiary/aromatic N) is 1. The number of halogens is 2. The molecule has 76 valence electrons. The molecule has 0 unspecified atom stereocenters. The molecule has 0 atom stereocenters. The number of hydrogen-bond acceptors (Lipinski definition) is 4. The highest BCUT2D eigenvalue weighted by Crippen LogP contribution is 2.03. The van der Waals surface area contributed by atoms with E-state index in [1.807, 2.05) is 0 Å². The van der Waals surface area contributed by atoms with Crippen molar-refractivity contribution in [2.45, 2.75) is 6.42 Å². The monoisotopic (exact) mass is 226 g/mol. The van der Waals surface area contributed by atoms with E-state index >= 15 is 0 Å². The minimum atomic E-state index is -0.254. The first kappa shape index (κ1) is 14.7. The second kappa shape index (κ2) is 6.71. The van der Waals surface area contributed by atoms with Gasteiger partial charge in [-0.25, -0.2) is 4.99 Å². The van der Waals surface area contributed by atoms with E-state index in [0.29, 0.717) is 18.7 Å². The van der Waals surface area contributed by atoms with Crippen molar-refractivity contribution in [3.05, 3.63) is 11.8 Å². The van der Waals surface area contributed by atoms with Crippen LogP contribution in [-0.2, 0) is 4.79 Å². The number of guanidine groups is 1. The molecule has 0 radical (unpaired) electrons. The SMILES string of the molecule is Cl.Cl.NCCC=C1N=C(N)NC1=O. The first-order valence-electron chi connectivity index (χ1n) is 3.30.